The molecule has 1 aliphatic heterocycles. The van der Waals surface area contributed by atoms with E-state index in [0.717, 1.165) is 25.7 Å². The molecule has 1 unspecified atom stereocenters. The van der Waals surface area contributed by atoms with Gasteiger partial charge < -0.3 is 20.8 Å². The minimum Gasteiger partial charge on any atom is -0.391 e. The zero-order valence-electron chi connectivity index (χ0n) is 18.2. The number of Topliss-reactive ketones (excluding diaryl/α,β-unsaturated/α-hetero) is 1. The van der Waals surface area contributed by atoms with Crippen LogP contribution in [0.1, 0.15) is 65.7 Å². The molecule has 0 aromatic rings. The fourth-order valence-electron chi connectivity index (χ4n) is 3.27. The lowest BCUT2D eigenvalue weighted by atomic mass is 9.93. The lowest BCUT2D eigenvalue weighted by Crippen LogP contribution is -2.58. The van der Waals surface area contributed by atoms with Crippen molar-refractivity contribution in [1.29, 1.82) is 0 Å². The third-order valence-corrected chi connectivity index (χ3v) is 5.14. The molecule has 0 saturated carbocycles. The van der Waals surface area contributed by atoms with Crippen LogP contribution in [-0.2, 0) is 24.0 Å². The quantitative estimate of drug-likeness (QED) is 0.109. The molecule has 0 spiro atoms. The monoisotopic (exact) mass is 443 g/mol. The van der Waals surface area contributed by atoms with Crippen LogP contribution in [0.3, 0.4) is 0 Å². The van der Waals surface area contributed by atoms with Crippen LogP contribution >= 0.6 is 0 Å². The van der Waals surface area contributed by atoms with Gasteiger partial charge in [0, 0.05) is 12.8 Å². The number of aliphatic hydroxyl groups is 2. The van der Waals surface area contributed by atoms with E-state index in [4.69, 9.17) is 0 Å². The number of hydrogen-bond donors (Lipinski definition) is 5. The summed E-state index contributed by atoms with van der Waals surface area (Å²) >= 11 is 0. The molecule has 0 radical (unpaired) electrons. The zero-order valence-corrected chi connectivity index (χ0v) is 18.2. The molecule has 1 aliphatic rings. The molecule has 11 heteroatoms. The molecule has 0 aromatic heterocycles. The van der Waals surface area contributed by atoms with Crippen molar-refractivity contribution in [2.75, 3.05) is 0 Å². The van der Waals surface area contributed by atoms with Gasteiger partial charge in [-0.05, 0) is 20.3 Å². The van der Waals surface area contributed by atoms with Crippen LogP contribution in [-0.4, -0.2) is 74.2 Å². The Morgan fingerprint density at radius 2 is 1.58 bits per heavy atom. The predicted molar refractivity (Wildman–Crippen MR) is 107 cm³/mol. The number of rotatable bonds is 13. The molecule has 0 bridgehead atoms. The second-order valence-corrected chi connectivity index (χ2v) is 7.88. The van der Waals surface area contributed by atoms with Crippen molar-refractivity contribution in [2.24, 2.45) is 5.92 Å². The van der Waals surface area contributed by atoms with Crippen molar-refractivity contribution in [3.8, 4) is 0 Å². The van der Waals surface area contributed by atoms with Gasteiger partial charge in [-0.2, -0.15) is 5.06 Å². The average Bonchev–Trinajstić information content (AvgIpc) is 2.96. The maximum Gasteiger partial charge on any atom is 0.264 e. The SMILES string of the molecule is CCCCCCCC(=O)N[C@H](C(=O)N[C@@H](C(=O)C1CC(=O)N(O)C1=O)[C@H](C)O)[C@@H](C)O. The highest BCUT2D eigenvalue weighted by Gasteiger charge is 2.46. The first-order chi connectivity index (χ1) is 14.5. The first-order valence-corrected chi connectivity index (χ1v) is 10.6. The Bertz CT molecular complexity index is 679. The highest BCUT2D eigenvalue weighted by Crippen LogP contribution is 2.21. The highest BCUT2D eigenvalue weighted by atomic mass is 16.5. The molecule has 1 saturated heterocycles. The molecule has 5 N–H and O–H groups in total. The van der Waals surface area contributed by atoms with Crippen LogP contribution in [0, 0.1) is 5.92 Å². The van der Waals surface area contributed by atoms with Crippen molar-refractivity contribution in [3.05, 3.63) is 0 Å². The third-order valence-electron chi connectivity index (χ3n) is 5.14. The normalized spacial score (nSPS) is 20.2. The first kappa shape index (κ1) is 26.7. The second-order valence-electron chi connectivity index (χ2n) is 7.88. The molecule has 11 nitrogen and oxygen atoms in total. The number of imide groups is 1. The Hall–Kier alpha value is -2.37. The number of amides is 4. The van der Waals surface area contributed by atoms with Gasteiger partial charge >= 0.3 is 0 Å². The van der Waals surface area contributed by atoms with Gasteiger partial charge in [0.1, 0.15) is 18.0 Å². The minimum absolute atomic E-state index is 0.164. The van der Waals surface area contributed by atoms with E-state index in [0.29, 0.717) is 6.42 Å². The third kappa shape index (κ3) is 7.67. The van der Waals surface area contributed by atoms with E-state index < -0.39 is 66.0 Å². The van der Waals surface area contributed by atoms with Crippen LogP contribution < -0.4 is 10.6 Å². The van der Waals surface area contributed by atoms with Gasteiger partial charge in [0.25, 0.3) is 11.8 Å². The van der Waals surface area contributed by atoms with Crippen LogP contribution in [0.4, 0.5) is 0 Å². The maximum atomic E-state index is 12.6. The molecular formula is C20H33N3O8. The number of hydrogen-bond acceptors (Lipinski definition) is 8. The standard InChI is InChI=1S/C20H33N3O8/c1-4-5-6-7-8-9-14(26)21-17(12(3)25)19(29)22-16(11(2)24)18(28)13-10-15(27)23(31)20(13)30/h11-13,16-17,24-25,31H,4-10H2,1-3H3,(H,21,26)(H,22,29)/t11-,12+,13?,16+,17-/m0/s1. The summed E-state index contributed by atoms with van der Waals surface area (Å²) in [4.78, 5) is 60.7. The van der Waals surface area contributed by atoms with Gasteiger partial charge in [-0.1, -0.05) is 32.6 Å². The molecule has 1 heterocycles. The summed E-state index contributed by atoms with van der Waals surface area (Å²) in [5.74, 6) is -5.97. The molecule has 1 fully saturated rings. The van der Waals surface area contributed by atoms with Gasteiger partial charge in [0.15, 0.2) is 5.78 Å². The van der Waals surface area contributed by atoms with Crippen LogP contribution in [0.2, 0.25) is 0 Å². The summed E-state index contributed by atoms with van der Waals surface area (Å²) in [6, 6.07) is -2.96. The number of ketones is 1. The zero-order chi connectivity index (χ0) is 23.7. The molecule has 0 aliphatic carbocycles. The Labute approximate surface area is 181 Å². The number of carbonyl (C=O) groups excluding carboxylic acids is 5. The van der Waals surface area contributed by atoms with Gasteiger partial charge in [-0.25, -0.2) is 0 Å². The van der Waals surface area contributed by atoms with Crippen molar-refractivity contribution in [1.82, 2.24) is 15.7 Å². The Kier molecular flexibility index (Phi) is 10.7. The first-order valence-electron chi connectivity index (χ1n) is 10.6. The van der Waals surface area contributed by atoms with E-state index in [1.54, 1.807) is 0 Å². The largest absolute Gasteiger partial charge is 0.391 e. The Morgan fingerprint density at radius 1 is 1.00 bits per heavy atom. The summed E-state index contributed by atoms with van der Waals surface area (Å²) in [7, 11) is 0. The molecule has 5 atom stereocenters. The summed E-state index contributed by atoms with van der Waals surface area (Å²) in [6.45, 7) is 4.56. The summed E-state index contributed by atoms with van der Waals surface area (Å²) in [6.07, 6.45) is 1.48. The van der Waals surface area contributed by atoms with E-state index >= 15 is 0 Å². The number of aliphatic hydroxyl groups excluding tert-OH is 2. The van der Waals surface area contributed by atoms with Crippen molar-refractivity contribution in [2.45, 2.75) is 90.0 Å². The number of nitrogens with one attached hydrogen (secondary N) is 2. The van der Waals surface area contributed by atoms with Crippen molar-refractivity contribution in [3.63, 3.8) is 0 Å². The topological polar surface area (TPSA) is 173 Å². The van der Waals surface area contributed by atoms with Crippen LogP contribution in [0.5, 0.6) is 0 Å². The van der Waals surface area contributed by atoms with E-state index in [-0.39, 0.29) is 11.5 Å². The van der Waals surface area contributed by atoms with Gasteiger partial charge in [0.2, 0.25) is 11.8 Å². The van der Waals surface area contributed by atoms with Gasteiger partial charge in [-0.15, -0.1) is 0 Å². The minimum atomic E-state index is -1.58. The maximum absolute atomic E-state index is 12.6. The fourth-order valence-corrected chi connectivity index (χ4v) is 3.27. The lowest BCUT2D eigenvalue weighted by Gasteiger charge is -2.26. The number of carbonyl (C=O) groups is 5. The molecule has 1 rings (SSSR count). The van der Waals surface area contributed by atoms with Gasteiger partial charge in [0.05, 0.1) is 12.2 Å². The van der Waals surface area contributed by atoms with Crippen LogP contribution in [0.15, 0.2) is 0 Å². The van der Waals surface area contributed by atoms with Gasteiger partial charge in [-0.3, -0.25) is 29.2 Å². The smallest absolute Gasteiger partial charge is 0.264 e. The number of nitrogens with zero attached hydrogens (tertiary/aromatic N) is 1. The van der Waals surface area contributed by atoms with E-state index in [1.165, 1.54) is 13.8 Å². The molecule has 0 aromatic carbocycles. The van der Waals surface area contributed by atoms with Crippen molar-refractivity contribution >= 4 is 29.4 Å². The summed E-state index contributed by atoms with van der Waals surface area (Å²) < 4.78 is 0. The molecular weight excluding hydrogens is 410 g/mol. The van der Waals surface area contributed by atoms with E-state index in [2.05, 4.69) is 17.6 Å². The van der Waals surface area contributed by atoms with E-state index in [9.17, 15) is 39.4 Å². The summed E-state index contributed by atoms with van der Waals surface area (Å²) in [5.41, 5.74) is 0. The second kappa shape index (κ2) is 12.5. The van der Waals surface area contributed by atoms with Crippen LogP contribution in [0.25, 0.3) is 0 Å². The fraction of sp³-hybridized carbons (Fsp3) is 0.750. The Balaban J connectivity index is 2.76. The molecule has 31 heavy (non-hydrogen) atoms. The highest BCUT2D eigenvalue weighted by molar-refractivity contribution is 6.15. The number of hydroxylamine groups is 2. The number of unbranched alkanes of at least 4 members (excludes halogenated alkanes) is 4. The van der Waals surface area contributed by atoms with Crippen molar-refractivity contribution < 1.29 is 39.4 Å². The average molecular weight is 443 g/mol. The molecule has 176 valence electrons. The van der Waals surface area contributed by atoms with E-state index in [1.807, 2.05) is 0 Å². The predicted octanol–water partition coefficient (Wildman–Crippen LogP) is -0.588. The lowest BCUT2D eigenvalue weighted by molar-refractivity contribution is -0.172. The Morgan fingerprint density at radius 3 is 2.06 bits per heavy atom. The molecule has 4 amide bonds. The summed E-state index contributed by atoms with van der Waals surface area (Å²) in [5, 5.41) is 33.7.